The summed E-state index contributed by atoms with van der Waals surface area (Å²) in [6.07, 6.45) is 4.49. The van der Waals surface area contributed by atoms with Crippen LogP contribution in [0.25, 0.3) is 33.7 Å². The highest BCUT2D eigenvalue weighted by Gasteiger charge is 2.46. The van der Waals surface area contributed by atoms with Crippen LogP contribution in [0.4, 0.5) is 11.4 Å². The molecule has 100 heavy (non-hydrogen) atoms. The quantitative estimate of drug-likeness (QED) is 0.0155. The van der Waals surface area contributed by atoms with Crippen molar-refractivity contribution >= 4 is 92.0 Å². The zero-order valence-electron chi connectivity index (χ0n) is 59.2. The number of alkyl halides is 2. The van der Waals surface area contributed by atoms with E-state index in [4.69, 9.17) is 94.3 Å². The third-order valence-electron chi connectivity index (χ3n) is 19.3. The molecule has 4 aliphatic rings. The summed E-state index contributed by atoms with van der Waals surface area (Å²) in [6.45, 7) is 22.7. The molecule has 0 unspecified atom stereocenters. The van der Waals surface area contributed by atoms with E-state index in [0.717, 1.165) is 44.8 Å². The van der Waals surface area contributed by atoms with Gasteiger partial charge in [-0.1, -0.05) is 102 Å². The van der Waals surface area contributed by atoms with Crippen molar-refractivity contribution in [3.63, 3.8) is 0 Å². The van der Waals surface area contributed by atoms with E-state index < -0.39 is 36.7 Å². The smallest absolute Gasteiger partial charge is 0.303 e. The molecule has 5 aromatic carbocycles. The Morgan fingerprint density at radius 3 is 1.42 bits per heavy atom. The minimum absolute atomic E-state index is 0.0164. The Hall–Kier alpha value is -6.44. The number of benzene rings is 5. The number of carbonyl (C=O) groups is 4. The normalized spacial score (nSPS) is 23.6. The summed E-state index contributed by atoms with van der Waals surface area (Å²) in [5.41, 5.74) is 4.48. The second-order valence-corrected chi connectivity index (χ2v) is 26.4. The number of anilines is 2. The van der Waals surface area contributed by atoms with Crippen LogP contribution in [0, 0.1) is 29.6 Å². The van der Waals surface area contributed by atoms with Crippen molar-refractivity contribution in [2.45, 2.75) is 105 Å². The molecule has 546 valence electrons. The van der Waals surface area contributed by atoms with Gasteiger partial charge in [-0.3, -0.25) is 19.2 Å². The lowest BCUT2D eigenvalue weighted by atomic mass is 9.78. The molecule has 4 heterocycles. The maximum absolute atomic E-state index is 14.7. The lowest BCUT2D eigenvalue weighted by molar-refractivity contribution is -0.253. The number of hydrogen-bond acceptors (Lipinski definition) is 19. The Morgan fingerprint density at radius 1 is 0.500 bits per heavy atom. The molecule has 23 heteroatoms. The fourth-order valence-corrected chi connectivity index (χ4v) is 13.8. The Kier molecular flexibility index (Phi) is 30.5. The minimum atomic E-state index is -1.09. The van der Waals surface area contributed by atoms with Gasteiger partial charge in [-0.05, 0) is 69.9 Å². The standard InChI is InChI=1S/C77H100Cl2N2O19/c1-10-66-50(3)49(2)53(6)76(97-66)98-68-42-64-73(62-17-13-11-15-60(62)68)59(45-79)47-81(64)72(85)24-22-57-21-19-56(41-67(57)94-40-39-93-38-37-92-36-35-91-34-33-90-32-31-89-30-29-88-28-27-87-26-25-86-9)20-23-71(84)80-46-58(44-78)74-63-18-14-12-16-61(63)69(43-65(74)80)99-77-75(96-55(8)83)52(5)51(4)70(100-77)48-95-54(7)82/h11-24,41-43,49-53,58-59,66,70,75-77H,10,25-40,44-48H2,1-9H3/b23-20+,24-22+/t49-,50+,51+,52-,53+,58+,59+,66+,70+,75+,76-,77+/m0/s1. The molecular formula is C77H100Cl2N2O19. The molecule has 12 atom stereocenters. The Morgan fingerprint density at radius 2 is 0.950 bits per heavy atom. The summed E-state index contributed by atoms with van der Waals surface area (Å²) in [7, 11) is 1.64. The first kappa shape index (κ1) is 77.7. The molecule has 21 nitrogen and oxygen atoms in total. The highest BCUT2D eigenvalue weighted by molar-refractivity contribution is 6.20. The number of nitrogens with zero attached hydrogens (tertiary/aromatic N) is 2. The molecule has 0 saturated carbocycles. The number of ether oxygens (including phenoxy) is 15. The SMILES string of the molecule is CC[C@H]1O[C@@H](Oc2cc3c(c4ccccc24)[C@H](CCl)CN3C(=O)/C=C/c2ccc(/C=C/C(=O)N3C[C@@H](CCl)c4c3cc(O[C@@H]3O[C@H](COC(C)=O)[C@H](C)[C@H](C)[C@H]3OC(C)=O)c3ccccc43)cc2OCCOCCOCCOCCOCCOCCOCCOCCOC)[C@H](C)[C@@H](C)[C@H]1C. The summed E-state index contributed by atoms with van der Waals surface area (Å²) < 4.78 is 88.7. The number of halogens is 2. The molecule has 2 amide bonds. The van der Waals surface area contributed by atoms with Gasteiger partial charge >= 0.3 is 11.9 Å². The van der Waals surface area contributed by atoms with Crippen LogP contribution in [-0.4, -0.2) is 199 Å². The van der Waals surface area contributed by atoms with Crippen molar-refractivity contribution in [2.75, 3.05) is 154 Å². The van der Waals surface area contributed by atoms with Crippen LogP contribution in [0.3, 0.4) is 0 Å². The number of methoxy groups -OCH3 is 1. The highest BCUT2D eigenvalue weighted by Crippen LogP contribution is 2.49. The topological polar surface area (TPSA) is 213 Å². The average molecular weight is 1430 g/mol. The molecule has 0 N–H and O–H groups in total. The van der Waals surface area contributed by atoms with Crippen molar-refractivity contribution < 1.29 is 90.2 Å². The predicted molar refractivity (Wildman–Crippen MR) is 384 cm³/mol. The van der Waals surface area contributed by atoms with E-state index in [1.807, 2.05) is 80.6 Å². The number of esters is 2. The van der Waals surface area contributed by atoms with E-state index in [9.17, 15) is 19.2 Å². The lowest BCUT2D eigenvalue weighted by Gasteiger charge is -2.43. The number of carbonyl (C=O) groups excluding carboxylic acids is 4. The van der Waals surface area contributed by atoms with E-state index in [1.54, 1.807) is 35.1 Å². The molecule has 0 spiro atoms. The Labute approximate surface area is 598 Å². The van der Waals surface area contributed by atoms with Crippen LogP contribution in [0.5, 0.6) is 17.2 Å². The van der Waals surface area contributed by atoms with Crippen LogP contribution in [0.1, 0.15) is 95.9 Å². The van der Waals surface area contributed by atoms with E-state index in [1.165, 1.54) is 19.9 Å². The molecular weight excluding hydrogens is 1330 g/mol. The summed E-state index contributed by atoms with van der Waals surface area (Å²) >= 11 is 13.5. The fourth-order valence-electron chi connectivity index (χ4n) is 13.3. The van der Waals surface area contributed by atoms with E-state index in [2.05, 4.69) is 39.8 Å². The van der Waals surface area contributed by atoms with Crippen LogP contribution in [-0.2, 0) is 76.0 Å². The maximum atomic E-state index is 14.7. The van der Waals surface area contributed by atoms with Gasteiger partial charge in [0.15, 0.2) is 6.10 Å². The molecule has 5 aromatic rings. The van der Waals surface area contributed by atoms with Crippen molar-refractivity contribution in [3.05, 3.63) is 113 Å². The second kappa shape index (κ2) is 39.3. The van der Waals surface area contributed by atoms with Crippen molar-refractivity contribution in [1.82, 2.24) is 0 Å². The zero-order chi connectivity index (χ0) is 71.1. The maximum Gasteiger partial charge on any atom is 0.303 e. The minimum Gasteiger partial charge on any atom is -0.491 e. The molecule has 0 aliphatic carbocycles. The van der Waals surface area contributed by atoms with E-state index in [-0.39, 0.29) is 79.8 Å². The van der Waals surface area contributed by atoms with Gasteiger partial charge in [-0.2, -0.15) is 0 Å². The summed E-state index contributed by atoms with van der Waals surface area (Å²) in [4.78, 5) is 57.4. The van der Waals surface area contributed by atoms with Gasteiger partial charge in [-0.15, -0.1) is 23.2 Å². The van der Waals surface area contributed by atoms with Crippen LogP contribution >= 0.6 is 23.2 Å². The molecule has 2 fully saturated rings. The van der Waals surface area contributed by atoms with Gasteiger partial charge in [0.1, 0.15) is 30.5 Å². The molecule has 4 aliphatic heterocycles. The molecule has 9 rings (SSSR count). The van der Waals surface area contributed by atoms with Crippen LogP contribution < -0.4 is 24.0 Å². The third kappa shape index (κ3) is 20.5. The first-order chi connectivity index (χ1) is 48.5. The molecule has 2 saturated heterocycles. The van der Waals surface area contributed by atoms with Gasteiger partial charge in [0, 0.05) is 110 Å². The fraction of sp³-hybridized carbons (Fsp3) is 0.558. The molecule has 0 bridgehead atoms. The van der Waals surface area contributed by atoms with Crippen LogP contribution in [0.2, 0.25) is 0 Å². The summed E-state index contributed by atoms with van der Waals surface area (Å²) in [6, 6.07) is 25.1. The van der Waals surface area contributed by atoms with Gasteiger partial charge in [-0.25, -0.2) is 0 Å². The van der Waals surface area contributed by atoms with Crippen LogP contribution in [0.15, 0.2) is 91.0 Å². The lowest BCUT2D eigenvalue weighted by Crippen LogP contribution is -2.54. The summed E-state index contributed by atoms with van der Waals surface area (Å²) in [5, 5.41) is 3.49. The first-order valence-corrected chi connectivity index (χ1v) is 36.1. The van der Waals surface area contributed by atoms with Gasteiger partial charge < -0.3 is 80.9 Å². The summed E-state index contributed by atoms with van der Waals surface area (Å²) in [5.74, 6) is 0.587. The highest BCUT2D eigenvalue weighted by atomic mass is 35.5. The van der Waals surface area contributed by atoms with E-state index >= 15 is 0 Å². The van der Waals surface area contributed by atoms with Gasteiger partial charge in [0.05, 0.1) is 123 Å². The Bertz CT molecular complexity index is 3530. The predicted octanol–water partition coefficient (Wildman–Crippen LogP) is 12.2. The number of hydrogen-bond donors (Lipinski definition) is 0. The van der Waals surface area contributed by atoms with Gasteiger partial charge in [0.2, 0.25) is 12.6 Å². The molecule has 0 aromatic heterocycles. The Balaban J connectivity index is 0.879. The number of rotatable bonds is 39. The van der Waals surface area contributed by atoms with Crippen molar-refractivity contribution in [2.24, 2.45) is 29.6 Å². The first-order valence-electron chi connectivity index (χ1n) is 35.0. The molecule has 0 radical (unpaired) electrons. The average Bonchev–Trinajstić information content (AvgIpc) is 1.51. The number of fused-ring (bicyclic) bond motifs is 6. The third-order valence-corrected chi connectivity index (χ3v) is 20.1. The number of amides is 2. The second-order valence-electron chi connectivity index (χ2n) is 25.8. The van der Waals surface area contributed by atoms with Crippen molar-refractivity contribution in [3.8, 4) is 17.2 Å². The monoisotopic (exact) mass is 1430 g/mol. The van der Waals surface area contributed by atoms with Crippen molar-refractivity contribution in [1.29, 1.82) is 0 Å². The van der Waals surface area contributed by atoms with E-state index in [0.29, 0.717) is 151 Å². The van der Waals surface area contributed by atoms with Gasteiger partial charge in [0.25, 0.3) is 11.8 Å². The zero-order valence-corrected chi connectivity index (χ0v) is 60.7. The largest absolute Gasteiger partial charge is 0.491 e.